The summed E-state index contributed by atoms with van der Waals surface area (Å²) in [4.78, 5) is 43.2. The average molecular weight is 496 g/mol. The molecule has 12 heteroatoms. The van der Waals surface area contributed by atoms with Crippen LogP contribution in [0.25, 0.3) is 0 Å². The Morgan fingerprint density at radius 3 is 2.62 bits per heavy atom. The fraction of sp³-hybridized carbons (Fsp3) is 0.727. The van der Waals surface area contributed by atoms with Crippen LogP contribution in [0.15, 0.2) is 10.6 Å². The molecule has 0 radical (unpaired) electrons. The van der Waals surface area contributed by atoms with Crippen molar-refractivity contribution in [2.45, 2.75) is 56.7 Å². The molecule has 0 spiro atoms. The van der Waals surface area contributed by atoms with Crippen LogP contribution in [0.1, 0.15) is 27.2 Å². The molecule has 0 bridgehead atoms. The van der Waals surface area contributed by atoms with E-state index in [-0.39, 0.29) is 47.4 Å². The number of carbonyl (C=O) groups is 3. The van der Waals surface area contributed by atoms with Gasteiger partial charge in [-0.15, -0.1) is 11.8 Å². The fourth-order valence-electron chi connectivity index (χ4n) is 5.65. The third-order valence-electron chi connectivity index (χ3n) is 7.44. The first kappa shape index (κ1) is 25.0. The lowest BCUT2D eigenvalue weighted by Crippen LogP contribution is -2.63. The normalized spacial score (nSPS) is 34.3. The van der Waals surface area contributed by atoms with E-state index in [1.165, 1.54) is 16.7 Å². The largest absolute Gasteiger partial charge is 0.477 e. The Labute approximate surface area is 202 Å². The third-order valence-corrected chi connectivity index (χ3v) is 8.96. The minimum absolute atomic E-state index is 0.00217. The number of hydrogen-bond acceptors (Lipinski definition) is 8. The molecule has 4 aliphatic heterocycles. The summed E-state index contributed by atoms with van der Waals surface area (Å²) in [5, 5.41) is 40.7. The second-order valence-electron chi connectivity index (χ2n) is 9.61. The molecule has 3 fully saturated rings. The van der Waals surface area contributed by atoms with Gasteiger partial charge in [-0.3, -0.25) is 15.0 Å². The zero-order valence-electron chi connectivity index (χ0n) is 19.6. The lowest BCUT2D eigenvalue weighted by molar-refractivity contribution is -0.163. The Bertz CT molecular complexity index is 925. The van der Waals surface area contributed by atoms with Crippen molar-refractivity contribution >= 4 is 35.4 Å². The molecule has 0 aromatic heterocycles. The van der Waals surface area contributed by atoms with Gasteiger partial charge in [0.15, 0.2) is 0 Å². The molecule has 4 heterocycles. The van der Waals surface area contributed by atoms with Crippen LogP contribution in [-0.4, -0.2) is 116 Å². The lowest BCUT2D eigenvalue weighted by atomic mass is 9.79. The number of carbonyl (C=O) groups excluding carboxylic acids is 2. The van der Waals surface area contributed by atoms with E-state index in [1.807, 2.05) is 11.8 Å². The van der Waals surface area contributed by atoms with Gasteiger partial charge >= 0.3 is 5.97 Å². The summed E-state index contributed by atoms with van der Waals surface area (Å²) in [6, 6.07) is -1.17. The number of piperazine rings is 1. The van der Waals surface area contributed by atoms with Crippen LogP contribution in [0.5, 0.6) is 0 Å². The van der Waals surface area contributed by atoms with Crippen LogP contribution >= 0.6 is 11.8 Å². The average Bonchev–Trinajstić information content (AvgIpc) is 3.34. The molecule has 5 N–H and O–H groups in total. The number of carboxylic acids is 1. The molecule has 3 saturated heterocycles. The molecule has 7 atom stereocenters. The zero-order valence-corrected chi connectivity index (χ0v) is 20.4. The summed E-state index contributed by atoms with van der Waals surface area (Å²) in [5.74, 6) is -2.00. The molecule has 0 aliphatic carbocycles. The number of nitrogens with zero attached hydrogens (tertiary/aromatic N) is 3. The van der Waals surface area contributed by atoms with Crippen molar-refractivity contribution in [3.8, 4) is 0 Å². The molecule has 2 amide bonds. The Morgan fingerprint density at radius 2 is 2.03 bits per heavy atom. The molecule has 11 nitrogen and oxygen atoms in total. The second-order valence-corrected chi connectivity index (χ2v) is 10.9. The zero-order chi connectivity index (χ0) is 24.9. The molecule has 34 heavy (non-hydrogen) atoms. The predicted molar refractivity (Wildman–Crippen MR) is 125 cm³/mol. The Morgan fingerprint density at radius 1 is 1.32 bits per heavy atom. The van der Waals surface area contributed by atoms with E-state index in [9.17, 15) is 29.7 Å². The van der Waals surface area contributed by atoms with Crippen LogP contribution in [-0.2, 0) is 14.4 Å². The number of amides is 2. The van der Waals surface area contributed by atoms with Gasteiger partial charge in [-0.05, 0) is 20.3 Å². The molecular formula is C22H33N5O6S. The lowest BCUT2D eigenvalue weighted by Gasteiger charge is -2.46. The van der Waals surface area contributed by atoms with E-state index in [4.69, 9.17) is 5.41 Å². The number of β-lactam (4-membered cyclic amide) rings is 1. The summed E-state index contributed by atoms with van der Waals surface area (Å²) in [7, 11) is 0. The SMILES string of the molecule is CC(=N)N1CCN(C(=O)[C@@H]2C[C@H](SC3=C(C(=O)O)N4C(=O)[C@H]([C@@H](C)O)[C@H]4[C@H]3C)CN2)C(CO)C1. The van der Waals surface area contributed by atoms with Gasteiger partial charge in [0.1, 0.15) is 5.70 Å². The first-order valence-corrected chi connectivity index (χ1v) is 12.5. The van der Waals surface area contributed by atoms with Gasteiger partial charge in [-0.1, -0.05) is 6.92 Å². The molecule has 1 unspecified atom stereocenters. The number of carboxylic acid groups (broad SMARTS) is 1. The maximum absolute atomic E-state index is 13.2. The maximum atomic E-state index is 13.2. The number of amidine groups is 1. The minimum Gasteiger partial charge on any atom is -0.477 e. The highest BCUT2D eigenvalue weighted by molar-refractivity contribution is 8.03. The topological polar surface area (TPSA) is 157 Å². The smallest absolute Gasteiger partial charge is 0.353 e. The molecule has 0 aromatic carbocycles. The maximum Gasteiger partial charge on any atom is 0.353 e. The summed E-state index contributed by atoms with van der Waals surface area (Å²) in [6.45, 7) is 6.87. The molecule has 188 valence electrons. The van der Waals surface area contributed by atoms with Gasteiger partial charge in [0.05, 0.1) is 42.6 Å². The minimum atomic E-state index is -1.15. The molecule has 0 aromatic rings. The number of nitrogens with one attached hydrogen (secondary N) is 2. The highest BCUT2D eigenvalue weighted by atomic mass is 32.2. The van der Waals surface area contributed by atoms with E-state index in [0.29, 0.717) is 43.3 Å². The fourth-order valence-corrected chi connectivity index (χ4v) is 7.12. The summed E-state index contributed by atoms with van der Waals surface area (Å²) < 4.78 is 0. The standard InChI is InChI=1S/C22H33N5O6S/c1-10-17-16(11(2)29)21(31)27(17)18(22(32)33)19(10)34-14-6-15(24-7-14)20(30)26-5-4-25(12(3)23)8-13(26)9-28/h10-11,13-17,23-24,28-29H,4-9H2,1-3H3,(H,32,33)/t10-,11-,13?,14+,15+,16-,17-/m1/s1. The number of aliphatic hydroxyl groups is 2. The second kappa shape index (κ2) is 9.48. The number of aliphatic carboxylic acids is 1. The Kier molecular flexibility index (Phi) is 6.96. The summed E-state index contributed by atoms with van der Waals surface area (Å²) in [5.41, 5.74) is -0.00217. The molecule has 0 saturated carbocycles. The number of rotatable bonds is 6. The van der Waals surface area contributed by atoms with Crippen molar-refractivity contribution in [3.05, 3.63) is 10.6 Å². The van der Waals surface area contributed by atoms with Crippen molar-refractivity contribution in [3.63, 3.8) is 0 Å². The van der Waals surface area contributed by atoms with Crippen LogP contribution < -0.4 is 5.32 Å². The summed E-state index contributed by atoms with van der Waals surface area (Å²) in [6.07, 6.45) is -0.338. The van der Waals surface area contributed by atoms with E-state index in [0.717, 1.165) is 0 Å². The van der Waals surface area contributed by atoms with Crippen molar-refractivity contribution in [2.75, 3.05) is 32.8 Å². The van der Waals surface area contributed by atoms with Gasteiger partial charge < -0.3 is 35.3 Å². The highest BCUT2D eigenvalue weighted by Crippen LogP contribution is 2.51. The van der Waals surface area contributed by atoms with E-state index < -0.39 is 24.0 Å². The van der Waals surface area contributed by atoms with E-state index >= 15 is 0 Å². The number of thioether (sulfide) groups is 1. The van der Waals surface area contributed by atoms with Crippen molar-refractivity contribution in [1.29, 1.82) is 5.41 Å². The van der Waals surface area contributed by atoms with E-state index in [1.54, 1.807) is 18.7 Å². The van der Waals surface area contributed by atoms with Crippen LogP contribution in [0.2, 0.25) is 0 Å². The van der Waals surface area contributed by atoms with E-state index in [2.05, 4.69) is 5.32 Å². The first-order chi connectivity index (χ1) is 16.1. The molecule has 4 aliphatic rings. The number of aliphatic hydroxyl groups excluding tert-OH is 2. The van der Waals surface area contributed by atoms with Gasteiger partial charge in [0.2, 0.25) is 11.8 Å². The first-order valence-electron chi connectivity index (χ1n) is 11.7. The van der Waals surface area contributed by atoms with Crippen molar-refractivity contribution in [2.24, 2.45) is 11.8 Å². The number of fused-ring (bicyclic) bond motifs is 1. The Hall–Kier alpha value is -2.15. The van der Waals surface area contributed by atoms with Gasteiger partial charge in [0, 0.05) is 42.3 Å². The highest BCUT2D eigenvalue weighted by Gasteiger charge is 2.60. The van der Waals surface area contributed by atoms with Crippen molar-refractivity contribution < 1.29 is 29.7 Å². The number of hydrogen-bond donors (Lipinski definition) is 5. The van der Waals surface area contributed by atoms with Crippen LogP contribution in [0.3, 0.4) is 0 Å². The monoisotopic (exact) mass is 495 g/mol. The quantitative estimate of drug-likeness (QED) is 0.179. The van der Waals surface area contributed by atoms with Crippen LogP contribution in [0, 0.1) is 17.2 Å². The molecule has 4 rings (SSSR count). The third kappa shape index (κ3) is 4.10. The van der Waals surface area contributed by atoms with Gasteiger partial charge in [0.25, 0.3) is 0 Å². The van der Waals surface area contributed by atoms with Crippen LogP contribution in [0.4, 0.5) is 0 Å². The summed E-state index contributed by atoms with van der Waals surface area (Å²) >= 11 is 1.41. The van der Waals surface area contributed by atoms with Crippen molar-refractivity contribution in [1.82, 2.24) is 20.0 Å². The molecular weight excluding hydrogens is 462 g/mol. The van der Waals surface area contributed by atoms with Gasteiger partial charge in [-0.25, -0.2) is 4.79 Å². The Balaban J connectivity index is 1.43. The predicted octanol–water partition coefficient (Wildman–Crippen LogP) is -0.894. The van der Waals surface area contributed by atoms with Gasteiger partial charge in [-0.2, -0.15) is 0 Å².